The van der Waals surface area contributed by atoms with Gasteiger partial charge in [-0.3, -0.25) is 57.4 Å². The van der Waals surface area contributed by atoms with Crippen molar-refractivity contribution in [3.63, 3.8) is 0 Å². The number of aromatic nitrogens is 8. The highest BCUT2D eigenvalue weighted by molar-refractivity contribution is 7.89. The zero-order chi connectivity index (χ0) is 89.6. The molecule has 0 spiro atoms. The highest BCUT2D eigenvalue weighted by Gasteiger charge is 2.60. The van der Waals surface area contributed by atoms with Gasteiger partial charge in [0.15, 0.2) is 24.9 Å². The van der Waals surface area contributed by atoms with Crippen LogP contribution in [0.25, 0.3) is 4.85 Å². The fourth-order valence-electron chi connectivity index (χ4n) is 15.3. The Morgan fingerprint density at radius 2 is 0.792 bits per heavy atom. The number of aromatic amines is 4. The Balaban J connectivity index is 0.000000205. The number of likely N-dealkylation sites (N-methyl/N-ethyl adjacent to an activating group) is 4. The van der Waals surface area contributed by atoms with Gasteiger partial charge in [-0.2, -0.15) is 12.9 Å². The van der Waals surface area contributed by atoms with Crippen LogP contribution in [-0.4, -0.2) is 198 Å². The summed E-state index contributed by atoms with van der Waals surface area (Å²) in [4.78, 5) is 110. The quantitative estimate of drug-likeness (QED) is 0.0178. The summed E-state index contributed by atoms with van der Waals surface area (Å²) in [6.07, 6.45) is 2.32. The first kappa shape index (κ1) is 97.1. The molecule has 6 N–H and O–H groups in total. The number of ether oxygens (including phenoxy) is 4. The fraction of sp³-hybridized carbons (Fsp3) is 0.568. The molecule has 8 heterocycles. The number of benzene rings is 3. The van der Waals surface area contributed by atoms with Crippen LogP contribution in [0, 0.1) is 46.1 Å². The lowest BCUT2D eigenvalue weighted by Crippen LogP contribution is -2.52. The van der Waals surface area contributed by atoms with Crippen LogP contribution in [-0.2, 0) is 58.1 Å². The summed E-state index contributed by atoms with van der Waals surface area (Å²) < 4.78 is 130. The molecule has 0 amide bonds. The van der Waals surface area contributed by atoms with E-state index in [4.69, 9.17) is 34.6 Å². The van der Waals surface area contributed by atoms with Crippen molar-refractivity contribution in [1.82, 2.24) is 61.1 Å². The van der Waals surface area contributed by atoms with Gasteiger partial charge in [0.05, 0.1) is 61.3 Å². The number of aliphatic hydroxyl groups is 1. The van der Waals surface area contributed by atoms with Crippen LogP contribution in [0.2, 0.25) is 0 Å². The van der Waals surface area contributed by atoms with Crippen molar-refractivity contribution in [3.8, 4) is 0 Å². The number of H-pyrrole nitrogens is 4. The Kier molecular flexibility index (Phi) is 31.6. The summed E-state index contributed by atoms with van der Waals surface area (Å²) in [7, 11) is -7.54. The largest absolute Gasteiger partial charge is 0.388 e. The first-order valence-corrected chi connectivity index (χ1v) is 45.2. The van der Waals surface area contributed by atoms with Crippen molar-refractivity contribution in [2.75, 3.05) is 41.3 Å². The molecule has 0 saturated carbocycles. The molecular weight excluding hydrogens is 1630 g/mol. The Morgan fingerprint density at radius 1 is 0.492 bits per heavy atom. The fourth-order valence-corrected chi connectivity index (χ4v) is 21.4. The topological polar surface area (TPSA) is 427 Å². The summed E-state index contributed by atoms with van der Waals surface area (Å²) in [5.41, 5.74) is -6.14. The summed E-state index contributed by atoms with van der Waals surface area (Å²) in [6, 6.07) is 21.2. The predicted octanol–water partition coefficient (Wildman–Crippen LogP) is 7.13. The molecule has 0 bridgehead atoms. The van der Waals surface area contributed by atoms with E-state index in [9.17, 15) is 68.7 Å². The lowest BCUT2D eigenvalue weighted by molar-refractivity contribution is -0.0941. The summed E-state index contributed by atoms with van der Waals surface area (Å²) in [5.74, 6) is 0.0433. The molecule has 35 nitrogen and oxygen atoms in total. The highest BCUT2D eigenvalue weighted by Crippen LogP contribution is 2.55. The van der Waals surface area contributed by atoms with E-state index in [2.05, 4.69) is 55.5 Å². The van der Waals surface area contributed by atoms with Crippen molar-refractivity contribution >= 4 is 38.6 Å². The van der Waals surface area contributed by atoms with Gasteiger partial charge >= 0.3 is 22.8 Å². The van der Waals surface area contributed by atoms with E-state index in [1.807, 2.05) is 69.4 Å². The second-order valence-electron chi connectivity index (χ2n) is 32.0. The number of rotatable bonds is 26. The predicted molar refractivity (Wildman–Crippen MR) is 454 cm³/mol. The average Bonchev–Trinajstić information content (AvgIpc) is 1.58. The summed E-state index contributed by atoms with van der Waals surface area (Å²) >= 11 is 0. The molecule has 120 heavy (non-hydrogen) atoms. The normalized spacial score (nSPS) is 27.1. The molecular formula is C81H117N14O21PS3. The molecule has 0 radical (unpaired) electrons. The van der Waals surface area contributed by atoms with Gasteiger partial charge in [-0.1, -0.05) is 96.1 Å². The number of nitrogens with zero attached hydrogens (tertiary/aromatic N) is 9. The average molecular weight is 1750 g/mol. The monoisotopic (exact) mass is 1750 g/mol. The van der Waals surface area contributed by atoms with Gasteiger partial charge < -0.3 is 43.3 Å². The number of nitrogens with one attached hydrogen (secondary N) is 5. The van der Waals surface area contributed by atoms with E-state index in [-0.39, 0.29) is 80.1 Å². The van der Waals surface area contributed by atoms with Crippen molar-refractivity contribution < 1.29 is 58.4 Å². The van der Waals surface area contributed by atoms with Crippen molar-refractivity contribution in [3.05, 3.63) is 233 Å². The summed E-state index contributed by atoms with van der Waals surface area (Å²) in [5, 5.41) is 14.3. The zero-order valence-corrected chi connectivity index (χ0v) is 75.4. The molecule has 17 atom stereocenters. The van der Waals surface area contributed by atoms with Crippen molar-refractivity contribution in [1.29, 1.82) is 0 Å². The van der Waals surface area contributed by atoms with E-state index in [0.717, 1.165) is 15.3 Å². The minimum atomic E-state index is -4.10. The molecule has 11 rings (SSSR count). The number of hydrogen-bond donors (Lipinski definition) is 6. The highest BCUT2D eigenvalue weighted by atomic mass is 32.2. The number of sulfonamides is 3. The molecule has 4 saturated heterocycles. The first-order valence-electron chi connectivity index (χ1n) is 39.7. The van der Waals surface area contributed by atoms with E-state index in [1.54, 1.807) is 95.4 Å². The van der Waals surface area contributed by atoms with Gasteiger partial charge in [-0.05, 0) is 152 Å². The molecule has 660 valence electrons. The van der Waals surface area contributed by atoms with Crippen molar-refractivity contribution in [2.45, 2.75) is 261 Å². The minimum Gasteiger partial charge on any atom is -0.388 e. The lowest BCUT2D eigenvalue weighted by Gasteiger charge is -2.41. The summed E-state index contributed by atoms with van der Waals surface area (Å²) in [6.45, 7) is 41.1. The maximum absolute atomic E-state index is 14.0. The first-order chi connectivity index (χ1) is 56.1. The smallest absolute Gasteiger partial charge is 0.330 e. The van der Waals surface area contributed by atoms with Gasteiger partial charge in [0.1, 0.15) is 18.8 Å². The van der Waals surface area contributed by atoms with E-state index < -0.39 is 150 Å². The molecule has 7 aromatic rings. The molecule has 39 heteroatoms. The van der Waals surface area contributed by atoms with Crippen LogP contribution < -0.4 is 50.3 Å². The van der Waals surface area contributed by atoms with Gasteiger partial charge in [-0.25, -0.2) is 55.7 Å². The molecule has 1 unspecified atom stereocenters. The zero-order valence-electron chi connectivity index (χ0n) is 72.1. The van der Waals surface area contributed by atoms with Crippen LogP contribution in [0.3, 0.4) is 0 Å². The van der Waals surface area contributed by atoms with Gasteiger partial charge in [0.2, 0.25) is 36.6 Å². The Hall–Kier alpha value is -8.33. The Morgan fingerprint density at radius 3 is 1.13 bits per heavy atom. The molecule has 4 aromatic heterocycles. The minimum absolute atomic E-state index is 0.00347. The number of aryl methyl sites for hydroxylation is 4. The Labute approximate surface area is 700 Å². The molecule has 4 fully saturated rings. The third-order valence-corrected chi connectivity index (χ3v) is 31.5. The third-order valence-electron chi connectivity index (χ3n) is 23.8. The Bertz CT molecular complexity index is 5460. The molecule has 0 aliphatic carbocycles. The number of aliphatic hydroxyl groups excluding tert-OH is 1. The lowest BCUT2D eigenvalue weighted by atomic mass is 9.85. The third kappa shape index (κ3) is 20.0. The van der Waals surface area contributed by atoms with Crippen LogP contribution in [0.5, 0.6) is 0 Å². The van der Waals surface area contributed by atoms with E-state index in [1.165, 1.54) is 105 Å². The van der Waals surface area contributed by atoms with Crippen LogP contribution in [0.15, 0.2) is 169 Å². The van der Waals surface area contributed by atoms with Crippen LogP contribution in [0.1, 0.15) is 170 Å². The maximum Gasteiger partial charge on any atom is 0.330 e. The van der Waals surface area contributed by atoms with Crippen LogP contribution >= 0.6 is 8.53 Å². The molecule has 4 aliphatic rings. The number of hydrogen-bond acceptors (Lipinski definition) is 23. The maximum atomic E-state index is 14.0. The van der Waals surface area contributed by atoms with Gasteiger partial charge in [0.25, 0.3) is 30.8 Å². The van der Waals surface area contributed by atoms with E-state index >= 15 is 0 Å². The molecule has 3 aromatic carbocycles. The van der Waals surface area contributed by atoms with Crippen molar-refractivity contribution in [2.24, 2.45) is 11.8 Å². The van der Waals surface area contributed by atoms with E-state index in [0.29, 0.717) is 30.4 Å². The molecule has 4 aliphatic heterocycles. The van der Waals surface area contributed by atoms with Crippen LogP contribution in [0.4, 0.5) is 0 Å². The van der Waals surface area contributed by atoms with Gasteiger partial charge in [0, 0.05) is 92.1 Å². The second-order valence-corrected chi connectivity index (χ2v) is 39.4. The SMILES string of the molecule is CC[C@@]1(C)O[C@@H](n2cc(C)c(=O)[nH]c2=O)[C@H](N(C)S(=O)(=O)c2ccccc2)[C@@H]1C.CC[C@@]1(C)O[C@@H](n2cc(C)c(=O)[nH]c2=O)[C@H](N(C)S(=O)(=O)c2ccccc2)[C@@H]1O.CC[C@@]1(C)O[C@@H](n2cc(C)c(=O)[nH]c2=O)[C@H](NC)[C@@H]1C.[C-]#[N+]CCOP(O[C@H]1[C@@H](N(C)S(=O)(=O)c2ccccc2)[C@H](n2cc(C)c(=O)[nH]c2=O)O[C@]1(C)CC)N(C(C)C)C(C)C. The van der Waals surface area contributed by atoms with Gasteiger partial charge in [-0.15, -0.1) is 0 Å². The standard InChI is InChI=1S/C28H42N5O7PS.C20H27N3O5S.C19H25N3O6S.C14H23N3O3/c1-10-28(7)24(40-41(38-17-16-29-8)33(19(2)3)20(4)5)23(31(9)42(36,37)22-14-12-11-13-15-22)26(39-28)32-18-21(6)25(34)30-27(32)35;1-6-20(4)14(3)16(22(5)29(26,27)15-10-8-7-9-11-15)18(28-20)23-12-13(2)17(24)21-19(23)25;1-5-19(3)15(23)14(21(4)29(26,27)13-9-7-6-8-10-13)17(28-19)22-11-12(2)16(24)20-18(22)25;1-6-14(4)9(3)10(15-5)12(20-14)17-7-8(2)11(18)16-13(17)19/h11-15,18-20,23-24,26H,10,16-17H2,1-7,9H3,(H,30,34,35);7-12,14,16,18H,6H2,1-5H3,(H,21,24,25);6-11,14-15,17,23H,5H2,1-4H3,(H,20,24,25);7,9-10,12,15H,6H2,1-5H3,(H,16,18,19)/t23-,24+,26-,28-,41?;14-,16+,18+,20+;14-,15+,17-,19-;9-,10+,12+,14+/m1010/s1. The second kappa shape index (κ2) is 39.0.